The molecule has 0 saturated heterocycles. The maximum atomic E-state index is 12.5. The van der Waals surface area contributed by atoms with Crippen molar-refractivity contribution in [1.82, 2.24) is 19.7 Å². The Hall–Kier alpha value is -3.99. The maximum Gasteiger partial charge on any atom is 0.308 e. The highest BCUT2D eigenvalue weighted by atomic mass is 16.6. The number of nitrogens with zero attached hydrogens (tertiary/aromatic N) is 5. The van der Waals surface area contributed by atoms with Crippen LogP contribution in [0, 0.1) is 11.3 Å². The lowest BCUT2D eigenvalue weighted by Gasteiger charge is -2.22. The van der Waals surface area contributed by atoms with E-state index in [-0.39, 0.29) is 12.0 Å². The smallest absolute Gasteiger partial charge is 0.308 e. The number of rotatable bonds is 4. The molecule has 5 rings (SSSR count). The molecular weight excluding hydrogens is 418 g/mol. The molecule has 3 aromatic heterocycles. The van der Waals surface area contributed by atoms with Gasteiger partial charge in [-0.15, -0.1) is 0 Å². The largest absolute Gasteiger partial charge is 0.460 e. The lowest BCUT2D eigenvalue weighted by molar-refractivity contribution is -0.155. The molecule has 1 aliphatic heterocycles. The molecule has 4 aromatic rings. The summed E-state index contributed by atoms with van der Waals surface area (Å²) >= 11 is 0. The number of hydrogen-bond acceptors (Lipinski definition) is 7. The van der Waals surface area contributed by atoms with Crippen LogP contribution in [0.25, 0.3) is 33.7 Å². The molecule has 0 saturated carbocycles. The minimum atomic E-state index is -0.495. The second-order valence-corrected chi connectivity index (χ2v) is 9.23. The Morgan fingerprint density at radius 3 is 2.79 bits per heavy atom. The summed E-state index contributed by atoms with van der Waals surface area (Å²) in [5.74, 6) is 0.621. The average molecular weight is 441 g/mol. The standard InChI is InChI=1S/C25H23N5O3/c1-25(2,3)32-22(31)12-20-9-8-19-10-15-4-5-16(11-21(15)30(19)20)23-28-24(33-29-23)17-6-7-18(13-26)27-14-17/h4-7,10-11,14,20H,8-9,12H2,1-3H3. The third kappa shape index (κ3) is 4.10. The fourth-order valence-corrected chi connectivity index (χ4v) is 4.30. The summed E-state index contributed by atoms with van der Waals surface area (Å²) < 4.78 is 13.2. The van der Waals surface area contributed by atoms with E-state index in [2.05, 4.69) is 25.8 Å². The number of fused-ring (bicyclic) bond motifs is 3. The SMILES string of the molecule is CC(C)(C)OC(=O)CC1CCc2cc3ccc(-c4noc(-c5ccc(C#N)nc5)n4)cc3n21. The van der Waals surface area contributed by atoms with Crippen molar-refractivity contribution in [2.45, 2.75) is 51.7 Å². The number of carbonyl (C=O) groups is 1. The maximum absolute atomic E-state index is 12.5. The Bertz CT molecular complexity index is 1390. The van der Waals surface area contributed by atoms with E-state index in [1.165, 1.54) is 5.69 Å². The quantitative estimate of drug-likeness (QED) is 0.417. The summed E-state index contributed by atoms with van der Waals surface area (Å²) in [7, 11) is 0. The minimum absolute atomic E-state index is 0.0631. The van der Waals surface area contributed by atoms with E-state index in [1.807, 2.05) is 45.0 Å². The van der Waals surface area contributed by atoms with E-state index >= 15 is 0 Å². The Morgan fingerprint density at radius 1 is 1.24 bits per heavy atom. The lowest BCUT2D eigenvalue weighted by Crippen LogP contribution is -2.25. The first kappa shape index (κ1) is 20.9. The van der Waals surface area contributed by atoms with Crippen LogP contribution in [0.4, 0.5) is 0 Å². The van der Waals surface area contributed by atoms with Gasteiger partial charge in [0.1, 0.15) is 17.4 Å². The second kappa shape index (κ2) is 7.85. The van der Waals surface area contributed by atoms with Gasteiger partial charge in [-0.25, -0.2) is 4.98 Å². The number of pyridine rings is 1. The Labute approximate surface area is 190 Å². The highest BCUT2D eigenvalue weighted by molar-refractivity contribution is 5.86. The van der Waals surface area contributed by atoms with Crippen molar-refractivity contribution in [3.63, 3.8) is 0 Å². The summed E-state index contributed by atoms with van der Waals surface area (Å²) in [6, 6.07) is 13.6. The van der Waals surface area contributed by atoms with Gasteiger partial charge in [0, 0.05) is 29.0 Å². The van der Waals surface area contributed by atoms with Crippen LogP contribution in [-0.2, 0) is 16.0 Å². The summed E-state index contributed by atoms with van der Waals surface area (Å²) in [4.78, 5) is 21.0. The summed E-state index contributed by atoms with van der Waals surface area (Å²) in [5, 5.41) is 14.2. The van der Waals surface area contributed by atoms with E-state index in [0.29, 0.717) is 29.4 Å². The van der Waals surface area contributed by atoms with Gasteiger partial charge in [0.25, 0.3) is 5.89 Å². The molecule has 0 bridgehead atoms. The Kier molecular flexibility index (Phi) is 4.97. The van der Waals surface area contributed by atoms with Gasteiger partial charge in [-0.05, 0) is 63.3 Å². The molecule has 33 heavy (non-hydrogen) atoms. The highest BCUT2D eigenvalue weighted by Crippen LogP contribution is 2.37. The predicted molar refractivity (Wildman–Crippen MR) is 121 cm³/mol. The molecule has 1 aliphatic rings. The fourth-order valence-electron chi connectivity index (χ4n) is 4.30. The van der Waals surface area contributed by atoms with E-state index in [4.69, 9.17) is 14.5 Å². The molecule has 0 amide bonds. The Morgan fingerprint density at radius 2 is 2.06 bits per heavy atom. The number of hydrogen-bond donors (Lipinski definition) is 0. The van der Waals surface area contributed by atoms with Gasteiger partial charge in [-0.3, -0.25) is 4.79 Å². The molecule has 0 spiro atoms. The third-order valence-corrected chi connectivity index (χ3v) is 5.65. The first-order valence-corrected chi connectivity index (χ1v) is 10.9. The molecule has 0 aliphatic carbocycles. The zero-order valence-electron chi connectivity index (χ0n) is 18.7. The summed E-state index contributed by atoms with van der Waals surface area (Å²) in [6.45, 7) is 5.65. The molecule has 0 N–H and O–H groups in total. The zero-order chi connectivity index (χ0) is 23.2. The molecule has 0 radical (unpaired) electrons. The van der Waals surface area contributed by atoms with Crippen molar-refractivity contribution < 1.29 is 14.1 Å². The average Bonchev–Trinajstić information content (AvgIpc) is 3.48. The molecule has 1 aromatic carbocycles. The number of esters is 1. The van der Waals surface area contributed by atoms with Crippen LogP contribution in [0.1, 0.15) is 51.0 Å². The topological polar surface area (TPSA) is 107 Å². The fraction of sp³-hybridized carbons (Fsp3) is 0.320. The van der Waals surface area contributed by atoms with Gasteiger partial charge in [0.2, 0.25) is 5.82 Å². The number of carbonyl (C=O) groups excluding carboxylic acids is 1. The van der Waals surface area contributed by atoms with Crippen LogP contribution in [0.2, 0.25) is 0 Å². The number of ether oxygens (including phenoxy) is 1. The van der Waals surface area contributed by atoms with Crippen molar-refractivity contribution >= 4 is 16.9 Å². The third-order valence-electron chi connectivity index (χ3n) is 5.65. The molecule has 8 nitrogen and oxygen atoms in total. The van der Waals surface area contributed by atoms with Crippen molar-refractivity contribution in [3.8, 4) is 28.9 Å². The lowest BCUT2D eigenvalue weighted by atomic mass is 10.1. The molecule has 166 valence electrons. The van der Waals surface area contributed by atoms with E-state index in [1.54, 1.807) is 18.3 Å². The number of aromatic nitrogens is 4. The molecule has 1 atom stereocenters. The van der Waals surface area contributed by atoms with Crippen molar-refractivity contribution in [3.05, 3.63) is 54.0 Å². The van der Waals surface area contributed by atoms with Gasteiger partial charge in [0.05, 0.1) is 12.0 Å². The molecule has 8 heteroatoms. The van der Waals surface area contributed by atoms with Crippen LogP contribution in [0.15, 0.2) is 47.1 Å². The first-order valence-electron chi connectivity index (χ1n) is 10.9. The van der Waals surface area contributed by atoms with Crippen molar-refractivity contribution in [2.75, 3.05) is 0 Å². The van der Waals surface area contributed by atoms with Crippen molar-refractivity contribution in [2.24, 2.45) is 0 Å². The number of aryl methyl sites for hydroxylation is 1. The predicted octanol–water partition coefficient (Wildman–Crippen LogP) is 4.84. The van der Waals surface area contributed by atoms with Gasteiger partial charge < -0.3 is 13.8 Å². The van der Waals surface area contributed by atoms with Gasteiger partial charge in [-0.1, -0.05) is 17.3 Å². The molecular formula is C25H23N5O3. The van der Waals surface area contributed by atoms with Crippen molar-refractivity contribution in [1.29, 1.82) is 5.26 Å². The summed E-state index contributed by atoms with van der Waals surface area (Å²) in [6.07, 6.45) is 3.72. The van der Waals surface area contributed by atoms with Gasteiger partial charge in [-0.2, -0.15) is 10.2 Å². The zero-order valence-corrected chi connectivity index (χ0v) is 18.7. The van der Waals surface area contributed by atoms with Crippen LogP contribution in [0.5, 0.6) is 0 Å². The Balaban J connectivity index is 1.44. The minimum Gasteiger partial charge on any atom is -0.460 e. The highest BCUT2D eigenvalue weighted by Gasteiger charge is 2.28. The van der Waals surface area contributed by atoms with E-state index < -0.39 is 5.60 Å². The summed E-state index contributed by atoms with van der Waals surface area (Å²) in [5.41, 5.74) is 3.56. The van der Waals surface area contributed by atoms with Crippen LogP contribution in [0.3, 0.4) is 0 Å². The second-order valence-electron chi connectivity index (χ2n) is 9.23. The first-order chi connectivity index (χ1) is 15.8. The van der Waals surface area contributed by atoms with Gasteiger partial charge >= 0.3 is 5.97 Å². The van der Waals surface area contributed by atoms with E-state index in [9.17, 15) is 4.79 Å². The van der Waals surface area contributed by atoms with Crippen LogP contribution >= 0.6 is 0 Å². The van der Waals surface area contributed by atoms with Gasteiger partial charge in [0.15, 0.2) is 0 Å². The molecule has 1 unspecified atom stereocenters. The van der Waals surface area contributed by atoms with Crippen LogP contribution in [-0.4, -0.2) is 31.3 Å². The molecule has 0 fully saturated rings. The van der Waals surface area contributed by atoms with Crippen LogP contribution < -0.4 is 0 Å². The van der Waals surface area contributed by atoms with E-state index in [0.717, 1.165) is 29.3 Å². The molecule has 4 heterocycles. The number of benzene rings is 1. The monoisotopic (exact) mass is 441 g/mol. The number of nitriles is 1. The normalized spacial score (nSPS) is 15.4.